The molecule has 0 aromatic carbocycles. The molecule has 0 spiro atoms. The Balaban J connectivity index is 3.15. The first-order chi connectivity index (χ1) is 4.93. The number of hydrogen-bond donors (Lipinski definition) is 0. The molecule has 62 valence electrons. The Hall–Kier alpha value is -0.0600. The summed E-state index contributed by atoms with van der Waals surface area (Å²) in [6.07, 6.45) is 0. The topological polar surface area (TPSA) is 26.0 Å². The van der Waals surface area contributed by atoms with Crippen LogP contribution in [0.4, 0.5) is 0 Å². The highest BCUT2D eigenvalue weighted by Gasteiger charge is 2.22. The van der Waals surface area contributed by atoms with Crippen LogP contribution in [0.3, 0.4) is 0 Å². The average molecular weight is 265 g/mol. The van der Waals surface area contributed by atoms with E-state index in [9.17, 15) is 0 Å². The Kier molecular flexibility index (Phi) is 2.27. The van der Waals surface area contributed by atoms with E-state index >= 15 is 0 Å². The molecule has 1 heterocycles. The number of hydrogen-bond acceptors (Lipinski definition) is 2. The van der Waals surface area contributed by atoms with Gasteiger partial charge in [-0.1, -0.05) is 25.9 Å². The zero-order valence-electron chi connectivity index (χ0n) is 7.23. The normalized spacial score (nSPS) is 12.1. The SMILES string of the molecule is Cc1onc(C(C)(C)C)c1I. The summed E-state index contributed by atoms with van der Waals surface area (Å²) >= 11 is 2.27. The summed E-state index contributed by atoms with van der Waals surface area (Å²) in [5.41, 5.74) is 1.14. The molecule has 0 fully saturated rings. The fourth-order valence-corrected chi connectivity index (χ4v) is 1.83. The number of aryl methyl sites for hydroxylation is 1. The van der Waals surface area contributed by atoms with Crippen molar-refractivity contribution in [3.8, 4) is 0 Å². The van der Waals surface area contributed by atoms with E-state index in [1.165, 1.54) is 0 Å². The average Bonchev–Trinajstić information content (AvgIpc) is 2.11. The van der Waals surface area contributed by atoms with Crippen LogP contribution in [0.15, 0.2) is 4.52 Å². The Morgan fingerprint density at radius 3 is 2.09 bits per heavy atom. The van der Waals surface area contributed by atoms with Gasteiger partial charge in [-0.25, -0.2) is 0 Å². The van der Waals surface area contributed by atoms with E-state index in [-0.39, 0.29) is 5.41 Å². The van der Waals surface area contributed by atoms with Crippen LogP contribution in [0, 0.1) is 10.5 Å². The second-order valence-electron chi connectivity index (χ2n) is 3.65. The van der Waals surface area contributed by atoms with E-state index in [1.54, 1.807) is 0 Å². The smallest absolute Gasteiger partial charge is 0.147 e. The van der Waals surface area contributed by atoms with Crippen LogP contribution in [0.25, 0.3) is 0 Å². The van der Waals surface area contributed by atoms with Gasteiger partial charge in [0.05, 0.1) is 3.57 Å². The Morgan fingerprint density at radius 1 is 1.36 bits per heavy atom. The summed E-state index contributed by atoms with van der Waals surface area (Å²) in [6.45, 7) is 8.33. The molecule has 11 heavy (non-hydrogen) atoms. The third-order valence-corrected chi connectivity index (χ3v) is 2.77. The molecular weight excluding hydrogens is 253 g/mol. The standard InChI is InChI=1S/C8H12INO/c1-5-6(9)7(10-11-5)8(2,3)4/h1-4H3. The maximum Gasteiger partial charge on any atom is 0.147 e. The van der Waals surface area contributed by atoms with Crippen molar-refractivity contribution in [2.24, 2.45) is 0 Å². The second kappa shape index (κ2) is 2.77. The Labute approximate surface area is 80.5 Å². The number of nitrogens with zero attached hydrogens (tertiary/aromatic N) is 1. The first kappa shape index (κ1) is 9.03. The fraction of sp³-hybridized carbons (Fsp3) is 0.625. The van der Waals surface area contributed by atoms with E-state index in [1.807, 2.05) is 6.92 Å². The van der Waals surface area contributed by atoms with Gasteiger partial charge in [-0.05, 0) is 29.5 Å². The van der Waals surface area contributed by atoms with Crippen molar-refractivity contribution in [3.05, 3.63) is 15.0 Å². The van der Waals surface area contributed by atoms with Crippen LogP contribution in [0.1, 0.15) is 32.2 Å². The van der Waals surface area contributed by atoms with Crippen molar-refractivity contribution >= 4 is 22.6 Å². The van der Waals surface area contributed by atoms with Crippen molar-refractivity contribution in [1.29, 1.82) is 0 Å². The van der Waals surface area contributed by atoms with Crippen LogP contribution >= 0.6 is 22.6 Å². The van der Waals surface area contributed by atoms with Gasteiger partial charge in [0.25, 0.3) is 0 Å². The van der Waals surface area contributed by atoms with Crippen LogP contribution in [0.5, 0.6) is 0 Å². The van der Waals surface area contributed by atoms with Crippen LogP contribution in [-0.4, -0.2) is 5.16 Å². The second-order valence-corrected chi connectivity index (χ2v) is 4.73. The molecule has 0 aliphatic carbocycles. The third kappa shape index (κ3) is 1.75. The maximum absolute atomic E-state index is 5.06. The van der Waals surface area contributed by atoms with E-state index in [0.29, 0.717) is 0 Å². The monoisotopic (exact) mass is 265 g/mol. The highest BCUT2D eigenvalue weighted by molar-refractivity contribution is 14.1. The molecule has 0 amide bonds. The van der Waals surface area contributed by atoms with Crippen molar-refractivity contribution in [3.63, 3.8) is 0 Å². The third-order valence-electron chi connectivity index (χ3n) is 1.50. The first-order valence-corrected chi connectivity index (χ1v) is 4.63. The minimum atomic E-state index is 0.0916. The molecule has 1 aromatic heterocycles. The molecule has 2 nitrogen and oxygen atoms in total. The largest absolute Gasteiger partial charge is 0.360 e. The summed E-state index contributed by atoms with van der Waals surface area (Å²) in [5.74, 6) is 0.913. The van der Waals surface area contributed by atoms with Gasteiger partial charge >= 0.3 is 0 Å². The molecule has 0 aliphatic rings. The quantitative estimate of drug-likeness (QED) is 0.674. The van der Waals surface area contributed by atoms with Crippen molar-refractivity contribution in [2.45, 2.75) is 33.1 Å². The van der Waals surface area contributed by atoms with Gasteiger partial charge in [-0.15, -0.1) is 0 Å². The Morgan fingerprint density at radius 2 is 1.91 bits per heavy atom. The summed E-state index contributed by atoms with van der Waals surface area (Å²) in [4.78, 5) is 0. The molecule has 0 saturated heterocycles. The van der Waals surface area contributed by atoms with Crippen molar-refractivity contribution in [1.82, 2.24) is 5.16 Å². The molecule has 0 unspecified atom stereocenters. The van der Waals surface area contributed by atoms with Gasteiger partial charge in [0.2, 0.25) is 0 Å². The van der Waals surface area contributed by atoms with Gasteiger partial charge in [0, 0.05) is 5.41 Å². The number of aromatic nitrogens is 1. The Bertz CT molecular complexity index is 260. The fourth-order valence-electron chi connectivity index (χ4n) is 0.827. The lowest BCUT2D eigenvalue weighted by Crippen LogP contribution is -2.13. The van der Waals surface area contributed by atoms with Crippen molar-refractivity contribution < 1.29 is 4.52 Å². The van der Waals surface area contributed by atoms with Gasteiger partial charge in [-0.2, -0.15) is 0 Å². The number of halogens is 1. The van der Waals surface area contributed by atoms with Crippen LogP contribution in [-0.2, 0) is 5.41 Å². The van der Waals surface area contributed by atoms with Gasteiger partial charge in [-0.3, -0.25) is 0 Å². The molecule has 0 saturated carbocycles. The van der Waals surface area contributed by atoms with E-state index in [0.717, 1.165) is 15.0 Å². The van der Waals surface area contributed by atoms with E-state index < -0.39 is 0 Å². The maximum atomic E-state index is 5.06. The summed E-state index contributed by atoms with van der Waals surface area (Å²) < 4.78 is 6.21. The molecular formula is C8H12INO. The summed E-state index contributed by atoms with van der Waals surface area (Å²) in [7, 11) is 0. The highest BCUT2D eigenvalue weighted by atomic mass is 127. The number of rotatable bonds is 0. The molecule has 3 heteroatoms. The molecule has 0 aliphatic heterocycles. The molecule has 1 rings (SSSR count). The predicted molar refractivity (Wildman–Crippen MR) is 52.7 cm³/mol. The van der Waals surface area contributed by atoms with Gasteiger partial charge in [0.1, 0.15) is 11.5 Å². The van der Waals surface area contributed by atoms with Crippen LogP contribution in [0.2, 0.25) is 0 Å². The van der Waals surface area contributed by atoms with Gasteiger partial charge in [0.15, 0.2) is 0 Å². The van der Waals surface area contributed by atoms with Gasteiger partial charge < -0.3 is 4.52 Å². The zero-order chi connectivity index (χ0) is 8.65. The molecule has 0 atom stereocenters. The minimum absolute atomic E-state index is 0.0916. The zero-order valence-corrected chi connectivity index (χ0v) is 9.39. The first-order valence-electron chi connectivity index (χ1n) is 3.55. The molecule has 0 N–H and O–H groups in total. The molecule has 1 aromatic rings. The van der Waals surface area contributed by atoms with E-state index in [4.69, 9.17) is 4.52 Å². The van der Waals surface area contributed by atoms with E-state index in [2.05, 4.69) is 48.5 Å². The predicted octanol–water partition coefficient (Wildman–Crippen LogP) is 2.89. The summed E-state index contributed by atoms with van der Waals surface area (Å²) in [6, 6.07) is 0. The lowest BCUT2D eigenvalue weighted by Gasteiger charge is -2.14. The lowest BCUT2D eigenvalue weighted by atomic mass is 9.92. The lowest BCUT2D eigenvalue weighted by molar-refractivity contribution is 0.375. The van der Waals surface area contributed by atoms with Crippen LogP contribution < -0.4 is 0 Å². The summed E-state index contributed by atoms with van der Waals surface area (Å²) in [5, 5.41) is 4.00. The molecule has 0 radical (unpaired) electrons. The van der Waals surface area contributed by atoms with Crippen molar-refractivity contribution in [2.75, 3.05) is 0 Å². The minimum Gasteiger partial charge on any atom is -0.360 e. The highest BCUT2D eigenvalue weighted by Crippen LogP contribution is 2.27. The molecule has 0 bridgehead atoms.